The van der Waals surface area contributed by atoms with E-state index >= 15 is 0 Å². The van der Waals surface area contributed by atoms with E-state index in [0.29, 0.717) is 12.1 Å². The number of aliphatic hydroxyl groups excluding tert-OH is 1. The van der Waals surface area contributed by atoms with E-state index in [9.17, 15) is 5.11 Å². The lowest BCUT2D eigenvalue weighted by Gasteiger charge is -2.12. The number of nitrogens with zero attached hydrogens (tertiary/aromatic N) is 1. The van der Waals surface area contributed by atoms with Crippen LogP contribution in [-0.2, 0) is 0 Å². The fraction of sp³-hybridized carbons (Fsp3) is 0.417. The maximum absolute atomic E-state index is 9.41. The van der Waals surface area contributed by atoms with Crippen LogP contribution < -0.4 is 5.32 Å². The Hall–Kier alpha value is -1.53. The minimum Gasteiger partial charge on any atom is -0.391 e. The third kappa shape index (κ3) is 3.26. The first-order chi connectivity index (χ1) is 7.17. The van der Waals surface area contributed by atoms with Crippen LogP contribution in [0, 0.1) is 18.3 Å². The Morgan fingerprint density at radius 1 is 1.53 bits per heavy atom. The van der Waals surface area contributed by atoms with Crippen molar-refractivity contribution in [2.75, 3.05) is 11.9 Å². The molecular weight excluding hydrogens is 188 g/mol. The number of hydrogen-bond acceptors (Lipinski definition) is 3. The van der Waals surface area contributed by atoms with Gasteiger partial charge in [0.15, 0.2) is 0 Å². The van der Waals surface area contributed by atoms with Crippen molar-refractivity contribution in [2.24, 2.45) is 0 Å². The molecule has 0 aromatic heterocycles. The normalized spacial score (nSPS) is 11.9. The largest absolute Gasteiger partial charge is 0.391 e. The average molecular weight is 204 g/mol. The molecule has 0 amide bonds. The number of hydrogen-bond donors (Lipinski definition) is 2. The van der Waals surface area contributed by atoms with Crippen LogP contribution in [0.4, 0.5) is 5.69 Å². The summed E-state index contributed by atoms with van der Waals surface area (Å²) in [6.45, 7) is 4.43. The number of nitrogens with one attached hydrogen (secondary N) is 1. The summed E-state index contributed by atoms with van der Waals surface area (Å²) in [5, 5.41) is 21.3. The van der Waals surface area contributed by atoms with Gasteiger partial charge in [0.05, 0.1) is 17.7 Å². The molecule has 80 valence electrons. The molecule has 1 aromatic carbocycles. The molecule has 3 nitrogen and oxygen atoms in total. The quantitative estimate of drug-likeness (QED) is 0.789. The monoisotopic (exact) mass is 204 g/mol. The zero-order chi connectivity index (χ0) is 11.3. The van der Waals surface area contributed by atoms with Crippen LogP contribution in [0.3, 0.4) is 0 Å². The van der Waals surface area contributed by atoms with E-state index in [1.165, 1.54) is 0 Å². The Morgan fingerprint density at radius 2 is 2.27 bits per heavy atom. The number of nitriles is 1. The Bertz CT molecular complexity index is 368. The summed E-state index contributed by atoms with van der Waals surface area (Å²) >= 11 is 0. The first-order valence-corrected chi connectivity index (χ1v) is 5.10. The minimum absolute atomic E-state index is 0.338. The molecule has 0 radical (unpaired) electrons. The second-order valence-electron chi connectivity index (χ2n) is 3.58. The fourth-order valence-electron chi connectivity index (χ4n) is 1.25. The molecule has 0 bridgehead atoms. The highest BCUT2D eigenvalue weighted by Gasteiger charge is 2.03. The molecule has 1 atom stereocenters. The number of benzene rings is 1. The van der Waals surface area contributed by atoms with Crippen molar-refractivity contribution >= 4 is 5.69 Å². The molecule has 2 N–H and O–H groups in total. The molecule has 0 aliphatic heterocycles. The molecule has 0 aliphatic rings. The van der Waals surface area contributed by atoms with Crippen LogP contribution in [0.15, 0.2) is 18.2 Å². The predicted molar refractivity (Wildman–Crippen MR) is 60.7 cm³/mol. The van der Waals surface area contributed by atoms with Gasteiger partial charge >= 0.3 is 0 Å². The second-order valence-corrected chi connectivity index (χ2v) is 3.58. The average Bonchev–Trinajstić information content (AvgIpc) is 2.27. The number of aryl methyl sites for hydroxylation is 1. The van der Waals surface area contributed by atoms with Gasteiger partial charge in [0.1, 0.15) is 0 Å². The van der Waals surface area contributed by atoms with Gasteiger partial charge in [0.2, 0.25) is 0 Å². The van der Waals surface area contributed by atoms with Crippen LogP contribution in [0.5, 0.6) is 0 Å². The van der Waals surface area contributed by atoms with Crippen LogP contribution in [0.25, 0.3) is 0 Å². The summed E-state index contributed by atoms with van der Waals surface area (Å²) in [6, 6.07) is 7.59. The van der Waals surface area contributed by atoms with Crippen LogP contribution in [0.2, 0.25) is 0 Å². The van der Waals surface area contributed by atoms with Gasteiger partial charge in [0.25, 0.3) is 0 Å². The highest BCUT2D eigenvalue weighted by molar-refractivity contribution is 5.55. The van der Waals surface area contributed by atoms with Crippen molar-refractivity contribution < 1.29 is 5.11 Å². The van der Waals surface area contributed by atoms with E-state index < -0.39 is 0 Å². The predicted octanol–water partition coefficient (Wildman–Crippen LogP) is 2.05. The molecule has 0 aliphatic carbocycles. The Kier molecular flexibility index (Phi) is 4.14. The number of anilines is 1. The van der Waals surface area contributed by atoms with Crippen molar-refractivity contribution in [2.45, 2.75) is 26.4 Å². The molecule has 3 heteroatoms. The van der Waals surface area contributed by atoms with Crippen LogP contribution in [0.1, 0.15) is 24.5 Å². The van der Waals surface area contributed by atoms with Gasteiger partial charge in [-0.1, -0.05) is 13.0 Å². The number of aliphatic hydroxyl groups is 1. The minimum atomic E-state index is -0.338. The van der Waals surface area contributed by atoms with E-state index in [0.717, 1.165) is 17.7 Å². The molecule has 0 saturated carbocycles. The van der Waals surface area contributed by atoms with Gasteiger partial charge in [-0.3, -0.25) is 0 Å². The molecule has 0 saturated heterocycles. The van der Waals surface area contributed by atoms with Crippen molar-refractivity contribution in [1.82, 2.24) is 0 Å². The molecule has 15 heavy (non-hydrogen) atoms. The van der Waals surface area contributed by atoms with E-state index in [-0.39, 0.29) is 6.10 Å². The third-order valence-corrected chi connectivity index (χ3v) is 2.37. The summed E-state index contributed by atoms with van der Waals surface area (Å²) in [7, 11) is 0. The van der Waals surface area contributed by atoms with Crippen molar-refractivity contribution in [3.8, 4) is 6.07 Å². The van der Waals surface area contributed by atoms with Gasteiger partial charge in [-0.25, -0.2) is 0 Å². The molecule has 1 rings (SSSR count). The van der Waals surface area contributed by atoms with Crippen molar-refractivity contribution in [3.05, 3.63) is 29.3 Å². The van der Waals surface area contributed by atoms with Gasteiger partial charge < -0.3 is 10.4 Å². The standard InChI is InChI=1S/C12H16N2O/c1-3-11(15)8-14-12-6-10(7-13)5-4-9(12)2/h4-6,11,14-15H,3,8H2,1-2H3. The van der Waals surface area contributed by atoms with E-state index in [2.05, 4.69) is 11.4 Å². The lowest BCUT2D eigenvalue weighted by molar-refractivity contribution is 0.183. The van der Waals surface area contributed by atoms with Gasteiger partial charge in [0, 0.05) is 12.2 Å². The lowest BCUT2D eigenvalue weighted by atomic mass is 10.1. The molecule has 1 unspecified atom stereocenters. The second kappa shape index (κ2) is 5.38. The molecule has 0 fully saturated rings. The van der Waals surface area contributed by atoms with E-state index in [1.54, 1.807) is 12.1 Å². The maximum atomic E-state index is 9.41. The smallest absolute Gasteiger partial charge is 0.0992 e. The van der Waals surface area contributed by atoms with Crippen molar-refractivity contribution in [1.29, 1.82) is 5.26 Å². The molecule has 1 aromatic rings. The SMILES string of the molecule is CCC(O)CNc1cc(C#N)ccc1C. The van der Waals surface area contributed by atoms with Crippen LogP contribution >= 0.6 is 0 Å². The molecule has 0 spiro atoms. The molecule has 0 heterocycles. The summed E-state index contributed by atoms with van der Waals surface area (Å²) in [5.74, 6) is 0. The molecular formula is C12H16N2O. The first-order valence-electron chi connectivity index (χ1n) is 5.10. The number of rotatable bonds is 4. The summed E-state index contributed by atoms with van der Waals surface area (Å²) < 4.78 is 0. The lowest BCUT2D eigenvalue weighted by Crippen LogP contribution is -2.18. The summed E-state index contributed by atoms with van der Waals surface area (Å²) in [5.41, 5.74) is 2.63. The zero-order valence-corrected chi connectivity index (χ0v) is 9.12. The zero-order valence-electron chi connectivity index (χ0n) is 9.12. The van der Waals surface area contributed by atoms with Crippen molar-refractivity contribution in [3.63, 3.8) is 0 Å². The highest BCUT2D eigenvalue weighted by Crippen LogP contribution is 2.16. The van der Waals surface area contributed by atoms with Gasteiger partial charge in [-0.15, -0.1) is 0 Å². The Morgan fingerprint density at radius 3 is 2.87 bits per heavy atom. The van der Waals surface area contributed by atoms with E-state index in [4.69, 9.17) is 5.26 Å². The third-order valence-electron chi connectivity index (χ3n) is 2.37. The Balaban J connectivity index is 2.72. The van der Waals surface area contributed by atoms with Crippen LogP contribution in [-0.4, -0.2) is 17.8 Å². The summed E-state index contributed by atoms with van der Waals surface area (Å²) in [4.78, 5) is 0. The highest BCUT2D eigenvalue weighted by atomic mass is 16.3. The fourth-order valence-corrected chi connectivity index (χ4v) is 1.25. The maximum Gasteiger partial charge on any atom is 0.0992 e. The Labute approximate surface area is 90.4 Å². The van der Waals surface area contributed by atoms with Gasteiger partial charge in [-0.05, 0) is 31.0 Å². The van der Waals surface area contributed by atoms with E-state index in [1.807, 2.05) is 19.9 Å². The van der Waals surface area contributed by atoms with Gasteiger partial charge in [-0.2, -0.15) is 5.26 Å². The summed E-state index contributed by atoms with van der Waals surface area (Å²) in [6.07, 6.45) is 0.388. The topological polar surface area (TPSA) is 56.0 Å². The first kappa shape index (κ1) is 11.5.